The molecule has 15 heteroatoms. The summed E-state index contributed by atoms with van der Waals surface area (Å²) in [5.41, 5.74) is 0.0180. The maximum atomic E-state index is 13.3. The second-order valence-corrected chi connectivity index (χ2v) is 13.4. The molecular weight excluding hydrogens is 609 g/mol. The van der Waals surface area contributed by atoms with Crippen molar-refractivity contribution in [3.8, 4) is 11.5 Å². The molecule has 0 saturated carbocycles. The minimum Gasteiger partial charge on any atom is -0.572 e. The molecule has 1 aliphatic rings. The summed E-state index contributed by atoms with van der Waals surface area (Å²) >= 11 is 7.57. The minimum atomic E-state index is -4.22. The number of methoxy groups -OCH3 is 2. The van der Waals surface area contributed by atoms with Crippen LogP contribution in [0.25, 0.3) is 4.72 Å². The van der Waals surface area contributed by atoms with E-state index in [1.165, 1.54) is 79.2 Å². The second kappa shape index (κ2) is 13.8. The van der Waals surface area contributed by atoms with Crippen LogP contribution in [0.3, 0.4) is 0 Å². The first kappa shape index (κ1) is 32.5. The van der Waals surface area contributed by atoms with Gasteiger partial charge in [-0.15, -0.1) is 5.69 Å². The molecule has 0 atom stereocenters. The fourth-order valence-corrected chi connectivity index (χ4v) is 7.46. The van der Waals surface area contributed by atoms with Crippen LogP contribution in [0, 0.1) is 0 Å². The summed E-state index contributed by atoms with van der Waals surface area (Å²) in [5, 5.41) is 3.01. The van der Waals surface area contributed by atoms with Gasteiger partial charge in [-0.25, -0.2) is 16.8 Å². The fourth-order valence-electron chi connectivity index (χ4n) is 3.76. The molecule has 10 nitrogen and oxygen atoms in total. The van der Waals surface area contributed by atoms with Crippen LogP contribution in [0.2, 0.25) is 5.02 Å². The van der Waals surface area contributed by atoms with Crippen LogP contribution in [0.15, 0.2) is 70.5 Å². The van der Waals surface area contributed by atoms with E-state index in [1.54, 1.807) is 11.8 Å². The zero-order chi connectivity index (χ0) is 28.2. The van der Waals surface area contributed by atoms with Crippen LogP contribution in [-0.2, 0) is 20.0 Å². The van der Waals surface area contributed by atoms with Gasteiger partial charge in [0.1, 0.15) is 10.0 Å². The van der Waals surface area contributed by atoms with Gasteiger partial charge in [0.15, 0.2) is 11.5 Å². The standard InChI is InChI=1S/C25H26ClN3O7S3.Na/c1-35-23-15-21(22(16-24(23)36-2)28-38(31,32)19-7-3-17(26)4-8-19)25(30)27-18-5-9-20(10-6-18)39(33,34)29-11-13-37-14-12-29;/h3-10,15-16H,11-14H2,1-2H3,(H2,27,28,30);/q;+1/p-1. The third-order valence-electron chi connectivity index (χ3n) is 5.80. The van der Waals surface area contributed by atoms with E-state index in [0.29, 0.717) is 23.8 Å². The van der Waals surface area contributed by atoms with Gasteiger partial charge in [0.25, 0.3) is 5.91 Å². The molecule has 1 saturated heterocycles. The molecule has 1 heterocycles. The average Bonchev–Trinajstić information content (AvgIpc) is 2.93. The van der Waals surface area contributed by atoms with Crippen molar-refractivity contribution in [2.24, 2.45) is 0 Å². The van der Waals surface area contributed by atoms with Crippen LogP contribution >= 0.6 is 23.4 Å². The third-order valence-corrected chi connectivity index (χ3v) is 10.2. The number of hydrogen-bond acceptors (Lipinski definition) is 8. The van der Waals surface area contributed by atoms with E-state index in [-0.39, 0.29) is 62.1 Å². The molecule has 1 aliphatic heterocycles. The monoisotopic (exact) mass is 633 g/mol. The molecule has 0 spiro atoms. The van der Waals surface area contributed by atoms with Crippen molar-refractivity contribution in [2.45, 2.75) is 9.79 Å². The van der Waals surface area contributed by atoms with E-state index in [0.717, 1.165) is 11.5 Å². The van der Waals surface area contributed by atoms with Gasteiger partial charge < -0.3 is 19.5 Å². The number of nitrogens with zero attached hydrogens (tertiary/aromatic N) is 2. The SMILES string of the molecule is COc1cc([N-]S(=O)(=O)c2ccc(Cl)cc2)c(C(=O)Nc2ccc(S(=O)(=O)N3CCSCC3)cc2)cc1OC.[Na+]. The predicted octanol–water partition coefficient (Wildman–Crippen LogP) is 1.75. The number of sulfonamides is 2. The van der Waals surface area contributed by atoms with Crippen LogP contribution < -0.4 is 44.3 Å². The maximum Gasteiger partial charge on any atom is 1.00 e. The van der Waals surface area contributed by atoms with Crippen molar-refractivity contribution in [3.63, 3.8) is 0 Å². The van der Waals surface area contributed by atoms with Gasteiger partial charge in [-0.3, -0.25) is 4.79 Å². The molecule has 3 aromatic carbocycles. The molecule has 0 bridgehead atoms. The van der Waals surface area contributed by atoms with Crippen molar-refractivity contribution >= 4 is 60.7 Å². The van der Waals surface area contributed by atoms with Gasteiger partial charge in [-0.1, -0.05) is 11.6 Å². The number of halogens is 1. The molecule has 3 aromatic rings. The number of rotatable bonds is 9. The second-order valence-electron chi connectivity index (χ2n) is 8.24. The Labute approximate surface area is 265 Å². The number of thioether (sulfide) groups is 1. The number of anilines is 1. The van der Waals surface area contributed by atoms with Gasteiger partial charge >= 0.3 is 29.6 Å². The summed E-state index contributed by atoms with van der Waals surface area (Å²) in [5.74, 6) is 1.14. The number of benzene rings is 3. The largest absolute Gasteiger partial charge is 1.00 e. The van der Waals surface area contributed by atoms with Crippen LogP contribution in [-0.4, -0.2) is 65.9 Å². The van der Waals surface area contributed by atoms with E-state index >= 15 is 0 Å². The smallest absolute Gasteiger partial charge is 0.572 e. The molecule has 0 radical (unpaired) electrons. The minimum absolute atomic E-state index is 0. The quantitative estimate of drug-likeness (QED) is 0.353. The summed E-state index contributed by atoms with van der Waals surface area (Å²) in [4.78, 5) is 13.3. The Morgan fingerprint density at radius 1 is 0.900 bits per heavy atom. The topological polar surface area (TPSA) is 133 Å². The van der Waals surface area contributed by atoms with Gasteiger partial charge in [0, 0.05) is 40.9 Å². The Bertz CT molecular complexity index is 1560. The first-order valence-electron chi connectivity index (χ1n) is 11.5. The molecule has 0 aliphatic carbocycles. The normalized spacial score (nSPS) is 14.1. The van der Waals surface area contributed by atoms with Crippen LogP contribution in [0.1, 0.15) is 10.4 Å². The van der Waals surface area contributed by atoms with Crippen molar-refractivity contribution in [3.05, 3.63) is 76.0 Å². The summed E-state index contributed by atoms with van der Waals surface area (Å²) < 4.78 is 67.7. The molecule has 0 aromatic heterocycles. The van der Waals surface area contributed by atoms with Crippen molar-refractivity contribution < 1.29 is 60.7 Å². The maximum absolute atomic E-state index is 13.3. The molecule has 40 heavy (non-hydrogen) atoms. The van der Waals surface area contributed by atoms with E-state index in [4.69, 9.17) is 21.1 Å². The molecule has 208 valence electrons. The van der Waals surface area contributed by atoms with Crippen LogP contribution in [0.5, 0.6) is 11.5 Å². The number of ether oxygens (including phenoxy) is 2. The Balaban J connectivity index is 0.00000441. The van der Waals surface area contributed by atoms with Crippen molar-refractivity contribution in [1.82, 2.24) is 4.31 Å². The average molecular weight is 634 g/mol. The van der Waals surface area contributed by atoms with E-state index in [9.17, 15) is 21.6 Å². The van der Waals surface area contributed by atoms with E-state index in [2.05, 4.69) is 10.0 Å². The zero-order valence-corrected chi connectivity index (χ0v) is 27.2. The van der Waals surface area contributed by atoms with Gasteiger partial charge in [-0.05, 0) is 60.7 Å². The molecule has 1 N–H and O–H groups in total. The molecular formula is C25H25ClN3NaO7S3. The number of carbonyl (C=O) groups excluding carboxylic acids is 1. The van der Waals surface area contributed by atoms with Crippen molar-refractivity contribution in [2.75, 3.05) is 44.1 Å². The van der Waals surface area contributed by atoms with E-state index in [1.807, 2.05) is 0 Å². The molecule has 1 amide bonds. The predicted molar refractivity (Wildman–Crippen MR) is 152 cm³/mol. The van der Waals surface area contributed by atoms with Crippen LogP contribution in [0.4, 0.5) is 11.4 Å². The van der Waals surface area contributed by atoms with Gasteiger partial charge in [0.2, 0.25) is 10.0 Å². The third kappa shape index (κ3) is 7.45. The van der Waals surface area contributed by atoms with Gasteiger partial charge in [-0.2, -0.15) is 16.1 Å². The first-order chi connectivity index (χ1) is 18.5. The number of nitrogens with one attached hydrogen (secondary N) is 1. The zero-order valence-electron chi connectivity index (χ0n) is 22.0. The van der Waals surface area contributed by atoms with E-state index < -0.39 is 26.0 Å². The number of carbonyl (C=O) groups is 1. The molecule has 4 rings (SSSR count). The Morgan fingerprint density at radius 2 is 1.45 bits per heavy atom. The Hall–Kier alpha value is -1.97. The van der Waals surface area contributed by atoms with Crippen molar-refractivity contribution in [1.29, 1.82) is 0 Å². The Morgan fingerprint density at radius 3 is 2.02 bits per heavy atom. The summed E-state index contributed by atoms with van der Waals surface area (Å²) in [6.07, 6.45) is 0. The number of amides is 1. The van der Waals surface area contributed by atoms with Gasteiger partial charge in [0.05, 0.1) is 24.0 Å². The number of hydrogen-bond donors (Lipinski definition) is 1. The first-order valence-corrected chi connectivity index (χ1v) is 16.0. The molecule has 0 unspecified atom stereocenters. The fraction of sp³-hybridized carbons (Fsp3) is 0.240. The summed E-state index contributed by atoms with van der Waals surface area (Å²) in [7, 11) is -5.12. The Kier molecular flexibility index (Phi) is 11.2. The molecule has 1 fully saturated rings. The summed E-state index contributed by atoms with van der Waals surface area (Å²) in [6, 6.07) is 13.8. The summed E-state index contributed by atoms with van der Waals surface area (Å²) in [6.45, 7) is 0.881.